The van der Waals surface area contributed by atoms with Crippen molar-refractivity contribution >= 4 is 11.9 Å². The third kappa shape index (κ3) is 14.9. The fraction of sp³-hybridized carbons (Fsp3) is 0.867. The third-order valence-electron chi connectivity index (χ3n) is 2.94. The Bertz CT molecular complexity index is 242. The van der Waals surface area contributed by atoms with E-state index in [1.54, 1.807) is 0 Å². The summed E-state index contributed by atoms with van der Waals surface area (Å²) in [6.45, 7) is 4.98. The van der Waals surface area contributed by atoms with Gasteiger partial charge in [-0.1, -0.05) is 39.0 Å². The average molecular weight is 271 g/mol. The predicted octanol–water partition coefficient (Wildman–Crippen LogP) is 3.20. The van der Waals surface area contributed by atoms with Crippen molar-refractivity contribution < 1.29 is 14.3 Å². The van der Waals surface area contributed by atoms with Crippen molar-refractivity contribution in [2.24, 2.45) is 0 Å². The zero-order valence-corrected chi connectivity index (χ0v) is 12.5. The minimum Gasteiger partial charge on any atom is -0.466 e. The first-order valence-corrected chi connectivity index (χ1v) is 7.57. The number of nitrogens with one attached hydrogen (secondary N) is 1. The van der Waals surface area contributed by atoms with Crippen LogP contribution in [-0.2, 0) is 14.3 Å². The Morgan fingerprint density at radius 1 is 0.947 bits per heavy atom. The van der Waals surface area contributed by atoms with Crippen molar-refractivity contribution in [2.45, 2.75) is 71.6 Å². The molecule has 0 saturated carbocycles. The number of ether oxygens (including phenoxy) is 1. The van der Waals surface area contributed by atoms with Gasteiger partial charge in [0.15, 0.2) is 0 Å². The molecule has 0 atom stereocenters. The van der Waals surface area contributed by atoms with E-state index in [9.17, 15) is 9.59 Å². The molecule has 0 aliphatic rings. The summed E-state index contributed by atoms with van der Waals surface area (Å²) >= 11 is 0. The Kier molecular flexibility index (Phi) is 12.6. The van der Waals surface area contributed by atoms with Gasteiger partial charge in [-0.15, -0.1) is 0 Å². The fourth-order valence-electron chi connectivity index (χ4n) is 1.80. The van der Waals surface area contributed by atoms with Crippen LogP contribution in [-0.4, -0.2) is 25.0 Å². The van der Waals surface area contributed by atoms with E-state index in [0.29, 0.717) is 13.0 Å². The van der Waals surface area contributed by atoms with Crippen molar-refractivity contribution in [2.75, 3.05) is 13.2 Å². The Morgan fingerprint density at radius 2 is 1.63 bits per heavy atom. The minimum absolute atomic E-state index is 0.0370. The molecule has 0 saturated heterocycles. The normalized spacial score (nSPS) is 10.2. The summed E-state index contributed by atoms with van der Waals surface area (Å²) in [5.74, 6) is -0.0194. The highest BCUT2D eigenvalue weighted by atomic mass is 16.5. The third-order valence-corrected chi connectivity index (χ3v) is 2.94. The Morgan fingerprint density at radius 3 is 2.32 bits per heavy atom. The van der Waals surface area contributed by atoms with Gasteiger partial charge in [0.25, 0.3) is 0 Å². The number of hydrogen-bond acceptors (Lipinski definition) is 3. The number of rotatable bonds is 12. The Hall–Kier alpha value is -1.06. The Labute approximate surface area is 117 Å². The molecule has 0 aromatic heterocycles. The number of amides is 1. The van der Waals surface area contributed by atoms with Gasteiger partial charge in [0, 0.05) is 19.9 Å². The van der Waals surface area contributed by atoms with Gasteiger partial charge in [-0.05, 0) is 19.3 Å². The van der Waals surface area contributed by atoms with Crippen molar-refractivity contribution in [3.05, 3.63) is 0 Å². The maximum atomic E-state index is 11.3. The molecule has 4 heteroatoms. The summed E-state index contributed by atoms with van der Waals surface area (Å²) < 4.78 is 5.15. The molecule has 112 valence electrons. The van der Waals surface area contributed by atoms with Crippen LogP contribution >= 0.6 is 0 Å². The Balaban J connectivity index is 3.13. The van der Waals surface area contributed by atoms with Gasteiger partial charge in [-0.25, -0.2) is 0 Å². The molecule has 0 radical (unpaired) electrons. The van der Waals surface area contributed by atoms with Crippen molar-refractivity contribution in [3.63, 3.8) is 0 Å². The van der Waals surface area contributed by atoms with E-state index in [2.05, 4.69) is 12.2 Å². The lowest BCUT2D eigenvalue weighted by Crippen LogP contribution is -2.20. The van der Waals surface area contributed by atoms with Crippen LogP contribution in [0, 0.1) is 0 Å². The first kappa shape index (κ1) is 17.9. The number of hydrogen-bond donors (Lipinski definition) is 1. The second-order valence-electron chi connectivity index (χ2n) is 4.93. The van der Waals surface area contributed by atoms with Crippen molar-refractivity contribution in [1.82, 2.24) is 5.32 Å². The molecule has 19 heavy (non-hydrogen) atoms. The quantitative estimate of drug-likeness (QED) is 0.438. The van der Waals surface area contributed by atoms with Crippen LogP contribution in [0.3, 0.4) is 0 Å². The van der Waals surface area contributed by atoms with Gasteiger partial charge in [-0.3, -0.25) is 9.59 Å². The summed E-state index contributed by atoms with van der Waals surface area (Å²) in [6.07, 6.45) is 9.04. The summed E-state index contributed by atoms with van der Waals surface area (Å²) in [5.41, 5.74) is 0. The molecule has 0 rings (SSSR count). The van der Waals surface area contributed by atoms with Gasteiger partial charge < -0.3 is 10.1 Å². The van der Waals surface area contributed by atoms with Crippen LogP contribution in [0.1, 0.15) is 71.6 Å². The molecule has 0 heterocycles. The molecule has 0 aromatic carbocycles. The first-order chi connectivity index (χ1) is 9.16. The minimum atomic E-state index is -0.0564. The summed E-state index contributed by atoms with van der Waals surface area (Å²) in [6, 6.07) is 0. The van der Waals surface area contributed by atoms with Crippen LogP contribution in [0.5, 0.6) is 0 Å². The van der Waals surface area contributed by atoms with Gasteiger partial charge in [0.05, 0.1) is 6.61 Å². The van der Waals surface area contributed by atoms with Gasteiger partial charge in [0.1, 0.15) is 0 Å². The molecule has 0 aromatic rings. The predicted molar refractivity (Wildman–Crippen MR) is 76.9 cm³/mol. The molecular formula is C15H29NO3. The molecule has 1 amide bonds. The molecule has 0 bridgehead atoms. The number of esters is 1. The van der Waals surface area contributed by atoms with Crippen LogP contribution in [0.25, 0.3) is 0 Å². The number of carbonyl (C=O) groups excluding carboxylic acids is 2. The second kappa shape index (κ2) is 13.4. The SMILES string of the molecule is CCCCCC(=O)OCCCCCCCNC(C)=O. The number of unbranched alkanes of at least 4 members (excludes halogenated alkanes) is 6. The van der Waals surface area contributed by atoms with Crippen molar-refractivity contribution in [1.29, 1.82) is 0 Å². The van der Waals surface area contributed by atoms with E-state index < -0.39 is 0 Å². The molecule has 0 aliphatic heterocycles. The van der Waals surface area contributed by atoms with Gasteiger partial charge in [0.2, 0.25) is 5.91 Å². The van der Waals surface area contributed by atoms with Gasteiger partial charge in [-0.2, -0.15) is 0 Å². The van der Waals surface area contributed by atoms with Crippen LogP contribution < -0.4 is 5.32 Å². The lowest BCUT2D eigenvalue weighted by atomic mass is 10.1. The zero-order chi connectivity index (χ0) is 14.3. The molecule has 0 unspecified atom stereocenters. The highest BCUT2D eigenvalue weighted by molar-refractivity contribution is 5.72. The van der Waals surface area contributed by atoms with Crippen LogP contribution in [0.15, 0.2) is 0 Å². The monoisotopic (exact) mass is 271 g/mol. The molecule has 0 spiro atoms. The summed E-state index contributed by atoms with van der Waals surface area (Å²) in [4.78, 5) is 21.9. The van der Waals surface area contributed by atoms with E-state index >= 15 is 0 Å². The highest BCUT2D eigenvalue weighted by Gasteiger charge is 2.01. The summed E-state index contributed by atoms with van der Waals surface area (Å²) in [5, 5.41) is 2.78. The van der Waals surface area contributed by atoms with Crippen molar-refractivity contribution in [3.8, 4) is 0 Å². The molecule has 0 fully saturated rings. The van der Waals surface area contributed by atoms with E-state index in [1.165, 1.54) is 6.92 Å². The lowest BCUT2D eigenvalue weighted by molar-refractivity contribution is -0.143. The average Bonchev–Trinajstić information content (AvgIpc) is 2.36. The zero-order valence-electron chi connectivity index (χ0n) is 12.5. The highest BCUT2D eigenvalue weighted by Crippen LogP contribution is 2.04. The van der Waals surface area contributed by atoms with Crippen LogP contribution in [0.4, 0.5) is 0 Å². The topological polar surface area (TPSA) is 55.4 Å². The van der Waals surface area contributed by atoms with E-state index in [1.807, 2.05) is 0 Å². The van der Waals surface area contributed by atoms with E-state index in [-0.39, 0.29) is 11.9 Å². The second-order valence-corrected chi connectivity index (χ2v) is 4.93. The smallest absolute Gasteiger partial charge is 0.305 e. The maximum absolute atomic E-state index is 11.3. The molecule has 1 N–H and O–H groups in total. The fourth-order valence-corrected chi connectivity index (χ4v) is 1.80. The summed E-state index contributed by atoms with van der Waals surface area (Å²) in [7, 11) is 0. The molecule has 0 aliphatic carbocycles. The largest absolute Gasteiger partial charge is 0.466 e. The van der Waals surface area contributed by atoms with E-state index in [0.717, 1.165) is 57.9 Å². The van der Waals surface area contributed by atoms with Gasteiger partial charge >= 0.3 is 5.97 Å². The lowest BCUT2D eigenvalue weighted by Gasteiger charge is -2.05. The standard InChI is InChI=1S/C15H29NO3/c1-3-4-8-11-15(18)19-13-10-7-5-6-9-12-16-14(2)17/h3-13H2,1-2H3,(H,16,17). The van der Waals surface area contributed by atoms with E-state index in [4.69, 9.17) is 4.74 Å². The van der Waals surface area contributed by atoms with Crippen LogP contribution in [0.2, 0.25) is 0 Å². The first-order valence-electron chi connectivity index (χ1n) is 7.57. The molecule has 4 nitrogen and oxygen atoms in total. The molecular weight excluding hydrogens is 242 g/mol. The number of carbonyl (C=O) groups is 2. The maximum Gasteiger partial charge on any atom is 0.305 e.